The van der Waals surface area contributed by atoms with Crippen molar-refractivity contribution in [2.24, 2.45) is 0 Å². The summed E-state index contributed by atoms with van der Waals surface area (Å²) < 4.78 is 0. The molecule has 4 nitrogen and oxygen atoms in total. The molecule has 12 rings (SSSR count). The third kappa shape index (κ3) is 6.43. The van der Waals surface area contributed by atoms with Crippen molar-refractivity contribution in [2.75, 3.05) is 9.80 Å². The van der Waals surface area contributed by atoms with Crippen LogP contribution in [0.15, 0.2) is 243 Å². The van der Waals surface area contributed by atoms with E-state index in [4.69, 9.17) is 0 Å². The van der Waals surface area contributed by atoms with Gasteiger partial charge in [0, 0.05) is 34.1 Å². The summed E-state index contributed by atoms with van der Waals surface area (Å²) in [7, 11) is 0. The lowest BCUT2D eigenvalue weighted by Gasteiger charge is -2.31. The Hall–Kier alpha value is -9.22. The van der Waals surface area contributed by atoms with Crippen molar-refractivity contribution in [1.82, 2.24) is 0 Å². The molecule has 2 aliphatic carbocycles. The molecule has 0 fully saturated rings. The van der Waals surface area contributed by atoms with Gasteiger partial charge in [-0.1, -0.05) is 133 Å². The van der Waals surface area contributed by atoms with Gasteiger partial charge in [0.25, 0.3) is 0 Å². The first-order valence-electron chi connectivity index (χ1n) is 22.5. The topological polar surface area (TPSA) is 54.1 Å². The monoisotopic (exact) mass is 852 g/mol. The molecule has 0 saturated heterocycles. The fourth-order valence-corrected chi connectivity index (χ4v) is 10.5. The zero-order valence-corrected chi connectivity index (χ0v) is 36.4. The molecule has 4 heteroatoms. The number of nitrogens with zero attached hydrogens (tertiary/aromatic N) is 4. The SMILES string of the molecule is N#Cc1ccc2c(c1)C1(c3cc(C#N)ccc3-c3ccc(-c4ccc(N(c5ccccc5)c5ccccc5)cc4)cc31)c1cc(-c3ccc(N(c4ccccc4)c4ccccc4)cc3)ccc1-2. The van der Waals surface area contributed by atoms with Crippen LogP contribution in [0.2, 0.25) is 0 Å². The summed E-state index contributed by atoms with van der Waals surface area (Å²) >= 11 is 0. The van der Waals surface area contributed by atoms with E-state index in [0.29, 0.717) is 11.1 Å². The van der Waals surface area contributed by atoms with Gasteiger partial charge in [-0.05, 0) is 176 Å². The first-order chi connectivity index (χ1) is 33.1. The number of para-hydroxylation sites is 4. The van der Waals surface area contributed by atoms with Gasteiger partial charge in [0.1, 0.15) is 0 Å². The van der Waals surface area contributed by atoms with E-state index in [2.05, 4.69) is 228 Å². The van der Waals surface area contributed by atoms with E-state index >= 15 is 0 Å². The van der Waals surface area contributed by atoms with Crippen molar-refractivity contribution < 1.29 is 0 Å². The van der Waals surface area contributed by atoms with E-state index in [1.807, 2.05) is 36.4 Å². The van der Waals surface area contributed by atoms with Crippen LogP contribution >= 0.6 is 0 Å². The summed E-state index contributed by atoms with van der Waals surface area (Å²) in [5, 5.41) is 20.8. The Morgan fingerprint density at radius 1 is 0.269 bits per heavy atom. The van der Waals surface area contributed by atoms with Gasteiger partial charge in [-0.15, -0.1) is 0 Å². The molecule has 0 N–H and O–H groups in total. The Balaban J connectivity index is 1.01. The fourth-order valence-electron chi connectivity index (χ4n) is 10.5. The maximum atomic E-state index is 10.4. The van der Waals surface area contributed by atoms with Gasteiger partial charge in [0.15, 0.2) is 0 Å². The standard InChI is InChI=1S/C63H40N4/c64-41-43-21-33-55-57-35-27-47(45-23-29-53(30-24-45)66(49-13-5-1-6-14-49)50-15-7-2-8-16-50)39-61(57)63(59(55)37-43)60-38-44(42-65)22-34-56(60)58-36-28-48(40-62(58)63)46-25-31-54(32-26-46)67(51-17-9-3-10-18-51)52-19-11-4-12-20-52/h1-40H. The maximum absolute atomic E-state index is 10.4. The molecule has 312 valence electrons. The van der Waals surface area contributed by atoms with E-state index < -0.39 is 5.41 Å². The van der Waals surface area contributed by atoms with Crippen LogP contribution in [0.5, 0.6) is 0 Å². The second-order valence-electron chi connectivity index (χ2n) is 17.1. The smallest absolute Gasteiger partial charge is 0.0991 e. The molecule has 10 aromatic rings. The normalized spacial score (nSPS) is 12.3. The predicted molar refractivity (Wildman–Crippen MR) is 272 cm³/mol. The van der Waals surface area contributed by atoms with Crippen LogP contribution < -0.4 is 9.80 Å². The molecule has 1 spiro atoms. The van der Waals surface area contributed by atoms with Crippen molar-refractivity contribution in [1.29, 1.82) is 10.5 Å². The molecule has 10 aromatic carbocycles. The van der Waals surface area contributed by atoms with Crippen molar-refractivity contribution in [3.8, 4) is 56.6 Å². The lowest BCUT2D eigenvalue weighted by molar-refractivity contribution is 0.793. The van der Waals surface area contributed by atoms with E-state index in [-0.39, 0.29) is 0 Å². The van der Waals surface area contributed by atoms with Crippen molar-refractivity contribution in [3.63, 3.8) is 0 Å². The quantitative estimate of drug-likeness (QED) is 0.153. The van der Waals surface area contributed by atoms with Gasteiger partial charge in [0.2, 0.25) is 0 Å². The number of anilines is 6. The average Bonchev–Trinajstić information content (AvgIpc) is 3.86. The van der Waals surface area contributed by atoms with Crippen molar-refractivity contribution in [3.05, 3.63) is 276 Å². The van der Waals surface area contributed by atoms with Crippen LogP contribution in [-0.2, 0) is 5.41 Å². The van der Waals surface area contributed by atoms with Crippen LogP contribution in [-0.4, -0.2) is 0 Å². The Bertz CT molecular complexity index is 3250. The van der Waals surface area contributed by atoms with E-state index in [1.165, 1.54) is 0 Å². The molecule has 0 amide bonds. The molecular weight excluding hydrogens is 813 g/mol. The molecule has 0 heterocycles. The lowest BCUT2D eigenvalue weighted by Crippen LogP contribution is -2.26. The summed E-state index contributed by atoms with van der Waals surface area (Å²) in [4.78, 5) is 4.55. The number of rotatable bonds is 8. The predicted octanol–water partition coefficient (Wildman–Crippen LogP) is 16.0. The fraction of sp³-hybridized carbons (Fsp3) is 0.0159. The number of hydrogen-bond donors (Lipinski definition) is 0. The maximum Gasteiger partial charge on any atom is 0.0991 e. The molecule has 0 aromatic heterocycles. The summed E-state index contributed by atoms with van der Waals surface area (Å²) in [6, 6.07) is 90.2. The summed E-state index contributed by atoms with van der Waals surface area (Å²) in [5.74, 6) is 0. The highest BCUT2D eigenvalue weighted by Gasteiger charge is 2.52. The average molecular weight is 853 g/mol. The Morgan fingerprint density at radius 3 is 0.851 bits per heavy atom. The molecule has 67 heavy (non-hydrogen) atoms. The van der Waals surface area contributed by atoms with E-state index in [1.54, 1.807) is 0 Å². The largest absolute Gasteiger partial charge is 0.311 e. The van der Waals surface area contributed by atoms with Crippen LogP contribution in [0.1, 0.15) is 33.4 Å². The minimum absolute atomic E-state index is 0.600. The second kappa shape index (κ2) is 16.1. The van der Waals surface area contributed by atoms with Gasteiger partial charge >= 0.3 is 0 Å². The summed E-state index contributed by atoms with van der Waals surface area (Å²) in [6.07, 6.45) is 0. The molecule has 0 radical (unpaired) electrons. The first-order valence-corrected chi connectivity index (χ1v) is 22.5. The molecule has 0 aliphatic heterocycles. The van der Waals surface area contributed by atoms with Crippen LogP contribution in [0.4, 0.5) is 34.1 Å². The van der Waals surface area contributed by atoms with Crippen molar-refractivity contribution >= 4 is 34.1 Å². The van der Waals surface area contributed by atoms with Crippen LogP contribution in [0.25, 0.3) is 44.5 Å². The first kappa shape index (κ1) is 39.4. The van der Waals surface area contributed by atoms with Crippen molar-refractivity contribution in [2.45, 2.75) is 5.41 Å². The molecular formula is C63H40N4. The highest BCUT2D eigenvalue weighted by molar-refractivity contribution is 5.97. The molecule has 0 saturated carbocycles. The van der Waals surface area contributed by atoms with Crippen LogP contribution in [0, 0.1) is 22.7 Å². The minimum Gasteiger partial charge on any atom is -0.311 e. The highest BCUT2D eigenvalue weighted by Crippen LogP contribution is 2.64. The van der Waals surface area contributed by atoms with E-state index in [9.17, 15) is 10.5 Å². The van der Waals surface area contributed by atoms with Gasteiger partial charge < -0.3 is 9.80 Å². The lowest BCUT2D eigenvalue weighted by atomic mass is 9.69. The van der Waals surface area contributed by atoms with Crippen LogP contribution in [0.3, 0.4) is 0 Å². The van der Waals surface area contributed by atoms with Gasteiger partial charge in [-0.3, -0.25) is 0 Å². The molecule has 0 atom stereocenters. The number of nitriles is 2. The third-order valence-corrected chi connectivity index (χ3v) is 13.5. The number of hydrogen-bond acceptors (Lipinski definition) is 4. The van der Waals surface area contributed by atoms with E-state index in [0.717, 1.165) is 101 Å². The highest BCUT2D eigenvalue weighted by atomic mass is 15.1. The second-order valence-corrected chi connectivity index (χ2v) is 17.1. The summed E-state index contributed by atoms with van der Waals surface area (Å²) in [5.41, 5.74) is 20.0. The number of fused-ring (bicyclic) bond motifs is 10. The summed E-state index contributed by atoms with van der Waals surface area (Å²) in [6.45, 7) is 0. The molecule has 0 bridgehead atoms. The van der Waals surface area contributed by atoms with Gasteiger partial charge in [0.05, 0.1) is 28.7 Å². The Morgan fingerprint density at radius 2 is 0.537 bits per heavy atom. The Labute approximate surface area is 390 Å². The van der Waals surface area contributed by atoms with Gasteiger partial charge in [-0.2, -0.15) is 10.5 Å². The minimum atomic E-state index is -0.796. The third-order valence-electron chi connectivity index (χ3n) is 13.5. The zero-order chi connectivity index (χ0) is 44.9. The Kier molecular flexibility index (Phi) is 9.46. The zero-order valence-electron chi connectivity index (χ0n) is 36.4. The van der Waals surface area contributed by atoms with Gasteiger partial charge in [-0.25, -0.2) is 0 Å². The molecule has 0 unspecified atom stereocenters. The molecule has 2 aliphatic rings. The number of benzene rings is 10.